The molecule has 1 aromatic heterocycles. The zero-order valence-corrected chi connectivity index (χ0v) is 11.0. The minimum absolute atomic E-state index is 0.826. The van der Waals surface area contributed by atoms with Crippen LogP contribution in [-0.2, 0) is 0 Å². The molecule has 90 valence electrons. The molecule has 0 amide bonds. The summed E-state index contributed by atoms with van der Waals surface area (Å²) in [5.41, 5.74) is 1.12. The summed E-state index contributed by atoms with van der Waals surface area (Å²) in [4.78, 5) is 6.95. The van der Waals surface area contributed by atoms with Gasteiger partial charge in [-0.1, -0.05) is 6.92 Å². The second-order valence-electron chi connectivity index (χ2n) is 4.55. The van der Waals surface area contributed by atoms with E-state index >= 15 is 0 Å². The third-order valence-corrected chi connectivity index (χ3v) is 4.23. The Labute approximate surface area is 102 Å². The fourth-order valence-electron chi connectivity index (χ4n) is 2.17. The Balaban J connectivity index is 1.71. The fraction of sp³-hybridized carbons (Fsp3) is 0.750. The van der Waals surface area contributed by atoms with Crippen molar-refractivity contribution in [3.05, 3.63) is 11.1 Å². The van der Waals surface area contributed by atoms with E-state index in [2.05, 4.69) is 27.5 Å². The van der Waals surface area contributed by atoms with Crippen LogP contribution in [0.3, 0.4) is 0 Å². The van der Waals surface area contributed by atoms with Gasteiger partial charge in [-0.05, 0) is 45.3 Å². The number of anilines is 1. The van der Waals surface area contributed by atoms with Gasteiger partial charge in [0.05, 0.1) is 5.69 Å². The van der Waals surface area contributed by atoms with Crippen LogP contribution >= 0.6 is 11.3 Å². The molecular formula is C12H21N3S. The van der Waals surface area contributed by atoms with Crippen LogP contribution in [0.25, 0.3) is 0 Å². The SMILES string of the molecule is CCN1CCC(CNc2nc(C)cs2)CC1. The molecule has 0 aromatic carbocycles. The third-order valence-electron chi connectivity index (χ3n) is 3.32. The summed E-state index contributed by atoms with van der Waals surface area (Å²) >= 11 is 1.71. The monoisotopic (exact) mass is 239 g/mol. The van der Waals surface area contributed by atoms with Gasteiger partial charge in [-0.25, -0.2) is 4.98 Å². The van der Waals surface area contributed by atoms with E-state index < -0.39 is 0 Å². The molecule has 0 radical (unpaired) electrons. The fourth-order valence-corrected chi connectivity index (χ4v) is 2.87. The van der Waals surface area contributed by atoms with Gasteiger partial charge >= 0.3 is 0 Å². The number of piperidine rings is 1. The first-order valence-electron chi connectivity index (χ1n) is 6.16. The van der Waals surface area contributed by atoms with Crippen LogP contribution in [0.1, 0.15) is 25.5 Å². The first-order valence-corrected chi connectivity index (χ1v) is 7.04. The number of nitrogens with one attached hydrogen (secondary N) is 1. The van der Waals surface area contributed by atoms with Gasteiger partial charge in [0.15, 0.2) is 5.13 Å². The van der Waals surface area contributed by atoms with E-state index in [9.17, 15) is 0 Å². The lowest BCUT2D eigenvalue weighted by Gasteiger charge is -2.30. The quantitative estimate of drug-likeness (QED) is 0.875. The van der Waals surface area contributed by atoms with Crippen molar-refractivity contribution in [2.45, 2.75) is 26.7 Å². The Morgan fingerprint density at radius 2 is 2.25 bits per heavy atom. The molecule has 1 aromatic rings. The van der Waals surface area contributed by atoms with E-state index in [1.54, 1.807) is 11.3 Å². The summed E-state index contributed by atoms with van der Waals surface area (Å²) in [5.74, 6) is 0.826. The molecule has 1 aliphatic heterocycles. The summed E-state index contributed by atoms with van der Waals surface area (Å²) in [6, 6.07) is 0. The van der Waals surface area contributed by atoms with Crippen molar-refractivity contribution in [3.8, 4) is 0 Å². The van der Waals surface area contributed by atoms with E-state index in [1.807, 2.05) is 6.92 Å². The molecule has 1 fully saturated rings. The Kier molecular flexibility index (Phi) is 4.18. The lowest BCUT2D eigenvalue weighted by Crippen LogP contribution is -2.35. The molecule has 1 saturated heterocycles. The summed E-state index contributed by atoms with van der Waals surface area (Å²) in [6.45, 7) is 9.11. The summed E-state index contributed by atoms with van der Waals surface area (Å²) in [5, 5.41) is 6.64. The Morgan fingerprint density at radius 1 is 1.50 bits per heavy atom. The highest BCUT2D eigenvalue weighted by Gasteiger charge is 2.17. The van der Waals surface area contributed by atoms with Crippen molar-refractivity contribution in [2.24, 2.45) is 5.92 Å². The molecular weight excluding hydrogens is 218 g/mol. The highest BCUT2D eigenvalue weighted by molar-refractivity contribution is 7.13. The van der Waals surface area contributed by atoms with E-state index in [0.717, 1.165) is 23.3 Å². The van der Waals surface area contributed by atoms with Crippen molar-refractivity contribution in [3.63, 3.8) is 0 Å². The Hall–Kier alpha value is -0.610. The number of likely N-dealkylation sites (tertiary alicyclic amines) is 1. The largest absolute Gasteiger partial charge is 0.361 e. The van der Waals surface area contributed by atoms with Crippen LogP contribution in [-0.4, -0.2) is 36.1 Å². The number of hydrogen-bond donors (Lipinski definition) is 1. The third kappa shape index (κ3) is 3.19. The van der Waals surface area contributed by atoms with E-state index in [1.165, 1.54) is 32.5 Å². The number of aryl methyl sites for hydroxylation is 1. The minimum atomic E-state index is 0.826. The molecule has 2 heterocycles. The lowest BCUT2D eigenvalue weighted by atomic mass is 9.97. The van der Waals surface area contributed by atoms with Crippen molar-refractivity contribution in [2.75, 3.05) is 31.5 Å². The van der Waals surface area contributed by atoms with Gasteiger partial charge in [0.2, 0.25) is 0 Å². The van der Waals surface area contributed by atoms with Crippen molar-refractivity contribution < 1.29 is 0 Å². The number of hydrogen-bond acceptors (Lipinski definition) is 4. The Bertz CT molecular complexity index is 316. The molecule has 0 atom stereocenters. The van der Waals surface area contributed by atoms with Crippen LogP contribution in [0.15, 0.2) is 5.38 Å². The standard InChI is InChI=1S/C12H21N3S/c1-3-15-6-4-11(5-7-15)8-13-12-14-10(2)9-16-12/h9,11H,3-8H2,1-2H3,(H,13,14). The second kappa shape index (κ2) is 5.64. The van der Waals surface area contributed by atoms with Gasteiger partial charge in [-0.15, -0.1) is 11.3 Å². The summed E-state index contributed by atoms with van der Waals surface area (Å²) in [6.07, 6.45) is 2.65. The predicted octanol–water partition coefficient (Wildman–Crippen LogP) is 2.60. The molecule has 0 aliphatic carbocycles. The van der Waals surface area contributed by atoms with Gasteiger partial charge in [0.25, 0.3) is 0 Å². The maximum Gasteiger partial charge on any atom is 0.182 e. The maximum absolute atomic E-state index is 4.42. The number of nitrogens with zero attached hydrogens (tertiary/aromatic N) is 2. The zero-order chi connectivity index (χ0) is 11.4. The van der Waals surface area contributed by atoms with Crippen molar-refractivity contribution in [1.82, 2.24) is 9.88 Å². The van der Waals surface area contributed by atoms with Gasteiger partial charge in [0, 0.05) is 11.9 Å². The first kappa shape index (κ1) is 11.9. The molecule has 0 spiro atoms. The molecule has 4 heteroatoms. The summed E-state index contributed by atoms with van der Waals surface area (Å²) < 4.78 is 0. The van der Waals surface area contributed by atoms with E-state index in [0.29, 0.717) is 0 Å². The van der Waals surface area contributed by atoms with Gasteiger partial charge < -0.3 is 10.2 Å². The van der Waals surface area contributed by atoms with Crippen LogP contribution < -0.4 is 5.32 Å². The highest BCUT2D eigenvalue weighted by Crippen LogP contribution is 2.19. The second-order valence-corrected chi connectivity index (χ2v) is 5.41. The summed E-state index contributed by atoms with van der Waals surface area (Å²) in [7, 11) is 0. The van der Waals surface area contributed by atoms with Crippen LogP contribution in [0, 0.1) is 12.8 Å². The van der Waals surface area contributed by atoms with Crippen molar-refractivity contribution in [1.29, 1.82) is 0 Å². The molecule has 0 saturated carbocycles. The molecule has 1 aliphatic rings. The first-order chi connectivity index (χ1) is 7.78. The normalized spacial score (nSPS) is 18.9. The van der Waals surface area contributed by atoms with Crippen molar-refractivity contribution >= 4 is 16.5 Å². The lowest BCUT2D eigenvalue weighted by molar-refractivity contribution is 0.198. The molecule has 0 bridgehead atoms. The number of rotatable bonds is 4. The van der Waals surface area contributed by atoms with Gasteiger partial charge in [-0.3, -0.25) is 0 Å². The Morgan fingerprint density at radius 3 is 2.81 bits per heavy atom. The zero-order valence-electron chi connectivity index (χ0n) is 10.2. The average molecular weight is 239 g/mol. The average Bonchev–Trinajstić information content (AvgIpc) is 2.73. The number of thiazole rings is 1. The van der Waals surface area contributed by atoms with Crippen LogP contribution in [0.2, 0.25) is 0 Å². The molecule has 0 unspecified atom stereocenters. The van der Waals surface area contributed by atoms with Gasteiger partial charge in [-0.2, -0.15) is 0 Å². The number of aromatic nitrogens is 1. The minimum Gasteiger partial charge on any atom is -0.361 e. The molecule has 1 N–H and O–H groups in total. The predicted molar refractivity (Wildman–Crippen MR) is 70.2 cm³/mol. The molecule has 2 rings (SSSR count). The smallest absolute Gasteiger partial charge is 0.182 e. The van der Waals surface area contributed by atoms with Gasteiger partial charge in [0.1, 0.15) is 0 Å². The van der Waals surface area contributed by atoms with E-state index in [4.69, 9.17) is 0 Å². The topological polar surface area (TPSA) is 28.2 Å². The highest BCUT2D eigenvalue weighted by atomic mass is 32.1. The van der Waals surface area contributed by atoms with Crippen LogP contribution in [0.5, 0.6) is 0 Å². The van der Waals surface area contributed by atoms with Crippen LogP contribution in [0.4, 0.5) is 5.13 Å². The molecule has 16 heavy (non-hydrogen) atoms. The van der Waals surface area contributed by atoms with E-state index in [-0.39, 0.29) is 0 Å². The maximum atomic E-state index is 4.42. The molecule has 3 nitrogen and oxygen atoms in total.